The number of hydrogen-bond donors (Lipinski definition) is 2. The molecule has 3 heteroatoms. The normalized spacial score (nSPS) is 25.4. The summed E-state index contributed by atoms with van der Waals surface area (Å²) in [5, 5.41) is 3.35. The lowest BCUT2D eigenvalue weighted by Gasteiger charge is -2.22. The molecular formula is C20H28N2O. The first-order valence-corrected chi connectivity index (χ1v) is 9.33. The Morgan fingerprint density at radius 3 is 2.00 bits per heavy atom. The van der Waals surface area contributed by atoms with Gasteiger partial charge in [0.2, 0.25) is 5.91 Å². The number of nitrogens with two attached hydrogens (primary N) is 1. The third-order valence-corrected chi connectivity index (χ3v) is 6.18. The molecule has 0 aliphatic heterocycles. The van der Waals surface area contributed by atoms with Crippen LogP contribution < -0.4 is 11.1 Å². The van der Waals surface area contributed by atoms with Gasteiger partial charge >= 0.3 is 0 Å². The molecule has 3 saturated carbocycles. The second kappa shape index (κ2) is 5.62. The summed E-state index contributed by atoms with van der Waals surface area (Å²) < 4.78 is 0. The molecule has 124 valence electrons. The maximum atomic E-state index is 12.9. The molecular weight excluding hydrogens is 284 g/mol. The SMILES string of the molecule is NC1(c2ccc(C3(C(=O)NC4CCCCCC4)CC3)cc2)CC1. The number of nitrogens with one attached hydrogen (secondary N) is 1. The van der Waals surface area contributed by atoms with Gasteiger partial charge in [-0.3, -0.25) is 4.79 Å². The molecule has 0 spiro atoms. The van der Waals surface area contributed by atoms with Crippen molar-refractivity contribution in [3.63, 3.8) is 0 Å². The van der Waals surface area contributed by atoms with E-state index in [1.165, 1.54) is 36.8 Å². The van der Waals surface area contributed by atoms with E-state index in [0.717, 1.165) is 38.5 Å². The van der Waals surface area contributed by atoms with Gasteiger partial charge in [-0.25, -0.2) is 0 Å². The molecule has 0 aromatic heterocycles. The molecule has 4 rings (SSSR count). The van der Waals surface area contributed by atoms with Crippen molar-refractivity contribution in [2.45, 2.75) is 81.2 Å². The van der Waals surface area contributed by atoms with E-state index in [-0.39, 0.29) is 16.9 Å². The quantitative estimate of drug-likeness (QED) is 0.836. The number of rotatable bonds is 4. The van der Waals surface area contributed by atoms with Crippen molar-refractivity contribution in [1.29, 1.82) is 0 Å². The van der Waals surface area contributed by atoms with Crippen LogP contribution in [-0.2, 0) is 15.7 Å². The molecule has 3 N–H and O–H groups in total. The van der Waals surface area contributed by atoms with Crippen molar-refractivity contribution < 1.29 is 4.79 Å². The maximum Gasteiger partial charge on any atom is 0.230 e. The summed E-state index contributed by atoms with van der Waals surface area (Å²) in [6.45, 7) is 0. The number of carbonyl (C=O) groups excluding carboxylic acids is 1. The van der Waals surface area contributed by atoms with Crippen LogP contribution in [0, 0.1) is 0 Å². The lowest BCUT2D eigenvalue weighted by molar-refractivity contribution is -0.124. The zero-order chi connectivity index (χ0) is 15.9. The van der Waals surface area contributed by atoms with Crippen molar-refractivity contribution in [1.82, 2.24) is 5.32 Å². The van der Waals surface area contributed by atoms with Crippen LogP contribution in [0.1, 0.15) is 75.3 Å². The summed E-state index contributed by atoms with van der Waals surface area (Å²) in [5.41, 5.74) is 8.32. The van der Waals surface area contributed by atoms with Gasteiger partial charge in [0.25, 0.3) is 0 Å². The van der Waals surface area contributed by atoms with E-state index in [4.69, 9.17) is 5.73 Å². The average Bonchev–Trinajstić information content (AvgIpc) is 3.44. The molecule has 0 bridgehead atoms. The van der Waals surface area contributed by atoms with Crippen molar-refractivity contribution in [2.24, 2.45) is 5.73 Å². The smallest absolute Gasteiger partial charge is 0.230 e. The first kappa shape index (κ1) is 15.2. The summed E-state index contributed by atoms with van der Waals surface area (Å²) in [4.78, 5) is 12.9. The number of hydrogen-bond acceptors (Lipinski definition) is 2. The molecule has 0 heterocycles. The van der Waals surface area contributed by atoms with Crippen molar-refractivity contribution >= 4 is 5.91 Å². The van der Waals surface area contributed by atoms with Gasteiger partial charge in [-0.1, -0.05) is 49.9 Å². The van der Waals surface area contributed by atoms with Gasteiger partial charge in [-0.15, -0.1) is 0 Å². The van der Waals surface area contributed by atoms with E-state index in [0.29, 0.717) is 6.04 Å². The Morgan fingerprint density at radius 1 is 0.913 bits per heavy atom. The zero-order valence-electron chi connectivity index (χ0n) is 13.9. The lowest BCUT2D eigenvalue weighted by Crippen LogP contribution is -2.41. The van der Waals surface area contributed by atoms with Crippen LogP contribution in [0.3, 0.4) is 0 Å². The van der Waals surface area contributed by atoms with Gasteiger partial charge in [0.15, 0.2) is 0 Å². The highest BCUT2D eigenvalue weighted by atomic mass is 16.2. The van der Waals surface area contributed by atoms with Gasteiger partial charge in [0.05, 0.1) is 5.41 Å². The average molecular weight is 312 g/mol. The third-order valence-electron chi connectivity index (χ3n) is 6.18. The maximum absolute atomic E-state index is 12.9. The second-order valence-electron chi connectivity index (χ2n) is 7.98. The highest BCUT2D eigenvalue weighted by Crippen LogP contribution is 2.50. The van der Waals surface area contributed by atoms with Crippen LogP contribution >= 0.6 is 0 Å². The van der Waals surface area contributed by atoms with Gasteiger partial charge in [0.1, 0.15) is 0 Å². The Labute approximate surface area is 139 Å². The summed E-state index contributed by atoms with van der Waals surface area (Å²) in [6, 6.07) is 8.95. The molecule has 1 amide bonds. The number of carbonyl (C=O) groups is 1. The van der Waals surface area contributed by atoms with Crippen molar-refractivity contribution in [3.8, 4) is 0 Å². The molecule has 3 fully saturated rings. The summed E-state index contributed by atoms with van der Waals surface area (Å²) in [5.74, 6) is 0.256. The fourth-order valence-electron chi connectivity index (χ4n) is 4.06. The minimum Gasteiger partial charge on any atom is -0.353 e. The molecule has 3 nitrogen and oxygen atoms in total. The number of amides is 1. The van der Waals surface area contributed by atoms with Gasteiger partial charge in [0, 0.05) is 11.6 Å². The predicted octanol–water partition coefficient (Wildman–Crippen LogP) is 3.51. The van der Waals surface area contributed by atoms with Gasteiger partial charge in [-0.05, 0) is 49.7 Å². The van der Waals surface area contributed by atoms with E-state index >= 15 is 0 Å². The molecule has 23 heavy (non-hydrogen) atoms. The topological polar surface area (TPSA) is 55.1 Å². The summed E-state index contributed by atoms with van der Waals surface area (Å²) >= 11 is 0. The molecule has 3 aliphatic carbocycles. The Bertz CT molecular complexity index is 576. The molecule has 1 aromatic rings. The Kier molecular flexibility index (Phi) is 3.72. The molecule has 3 aliphatic rings. The minimum atomic E-state index is -0.254. The van der Waals surface area contributed by atoms with Crippen LogP contribution in [0.25, 0.3) is 0 Å². The van der Waals surface area contributed by atoms with Crippen LogP contribution in [0.2, 0.25) is 0 Å². The van der Waals surface area contributed by atoms with Gasteiger partial charge < -0.3 is 11.1 Å². The van der Waals surface area contributed by atoms with Crippen LogP contribution in [-0.4, -0.2) is 11.9 Å². The molecule has 0 saturated heterocycles. The summed E-state index contributed by atoms with van der Waals surface area (Å²) in [7, 11) is 0. The fourth-order valence-corrected chi connectivity index (χ4v) is 4.06. The van der Waals surface area contributed by atoms with Crippen LogP contribution in [0.4, 0.5) is 0 Å². The molecule has 0 unspecified atom stereocenters. The van der Waals surface area contributed by atoms with E-state index in [1.54, 1.807) is 0 Å². The Balaban J connectivity index is 1.45. The zero-order valence-corrected chi connectivity index (χ0v) is 13.9. The Morgan fingerprint density at radius 2 is 1.48 bits per heavy atom. The van der Waals surface area contributed by atoms with E-state index < -0.39 is 0 Å². The standard InChI is InChI=1S/C20H28N2O/c21-20(13-14-20)16-9-7-15(8-10-16)19(11-12-19)18(23)22-17-5-3-1-2-4-6-17/h7-10,17H,1-6,11-14,21H2,(H,22,23). The van der Waals surface area contributed by atoms with E-state index in [2.05, 4.69) is 29.6 Å². The monoisotopic (exact) mass is 312 g/mol. The number of benzene rings is 1. The predicted molar refractivity (Wildman–Crippen MR) is 92.1 cm³/mol. The lowest BCUT2D eigenvalue weighted by atomic mass is 9.92. The van der Waals surface area contributed by atoms with Crippen molar-refractivity contribution in [3.05, 3.63) is 35.4 Å². The Hall–Kier alpha value is -1.35. The fraction of sp³-hybridized carbons (Fsp3) is 0.650. The first-order chi connectivity index (χ1) is 11.1. The van der Waals surface area contributed by atoms with Crippen LogP contribution in [0.5, 0.6) is 0 Å². The van der Waals surface area contributed by atoms with Gasteiger partial charge in [-0.2, -0.15) is 0 Å². The highest BCUT2D eigenvalue weighted by molar-refractivity contribution is 5.91. The summed E-state index contributed by atoms with van der Waals surface area (Å²) in [6.07, 6.45) is 11.6. The minimum absolute atomic E-state index is 0.0855. The molecule has 0 radical (unpaired) electrons. The third kappa shape index (κ3) is 2.91. The van der Waals surface area contributed by atoms with Crippen molar-refractivity contribution in [2.75, 3.05) is 0 Å². The largest absolute Gasteiger partial charge is 0.353 e. The van der Waals surface area contributed by atoms with Crippen LogP contribution in [0.15, 0.2) is 24.3 Å². The molecule has 0 atom stereocenters. The first-order valence-electron chi connectivity index (χ1n) is 9.33. The molecule has 1 aromatic carbocycles. The highest BCUT2D eigenvalue weighted by Gasteiger charge is 2.51. The van der Waals surface area contributed by atoms with E-state index in [9.17, 15) is 4.79 Å². The second-order valence-corrected chi connectivity index (χ2v) is 7.98. The van der Waals surface area contributed by atoms with E-state index in [1.807, 2.05) is 0 Å².